The van der Waals surface area contributed by atoms with Gasteiger partial charge in [0, 0.05) is 17.5 Å². The smallest absolute Gasteiger partial charge is 0.0305 e. The van der Waals surface area contributed by atoms with Gasteiger partial charge in [-0.15, -0.1) is 11.3 Å². The predicted octanol–water partition coefficient (Wildman–Crippen LogP) is 3.91. The molecule has 0 amide bonds. The Bertz CT molecular complexity index is 434. The second kappa shape index (κ2) is 5.28. The highest BCUT2D eigenvalue weighted by atomic mass is 32.1. The lowest BCUT2D eigenvalue weighted by Crippen LogP contribution is -2.18. The van der Waals surface area contributed by atoms with Gasteiger partial charge in [-0.25, -0.2) is 0 Å². The van der Waals surface area contributed by atoms with Gasteiger partial charge in [-0.3, -0.25) is 0 Å². The van der Waals surface area contributed by atoms with Crippen LogP contribution in [0.3, 0.4) is 0 Å². The molecule has 0 radical (unpaired) electrons. The summed E-state index contributed by atoms with van der Waals surface area (Å²) in [5.74, 6) is 0. The van der Waals surface area contributed by atoms with Crippen LogP contribution in [0.1, 0.15) is 29.0 Å². The summed E-state index contributed by atoms with van der Waals surface area (Å²) in [6, 6.07) is 13.2. The molecule has 1 aromatic carbocycles. The molecule has 0 aliphatic rings. The highest BCUT2D eigenvalue weighted by molar-refractivity contribution is 7.09. The standard InChI is InChI=1S/C14H17NS/c1-11-6-3-4-8-14(11)12(2)15-10-13-7-5-9-16-13/h3-9,12,15H,10H2,1-2H3/t12-/m0/s1. The molecule has 1 atom stereocenters. The van der Waals surface area contributed by atoms with Crippen molar-refractivity contribution in [2.24, 2.45) is 0 Å². The maximum Gasteiger partial charge on any atom is 0.0305 e. The molecule has 1 aromatic heterocycles. The van der Waals surface area contributed by atoms with Crippen LogP contribution in [0.15, 0.2) is 41.8 Å². The van der Waals surface area contributed by atoms with E-state index in [1.54, 1.807) is 11.3 Å². The van der Waals surface area contributed by atoms with E-state index in [2.05, 4.69) is 60.9 Å². The first-order valence-corrected chi connectivity index (χ1v) is 6.46. The Morgan fingerprint density at radius 3 is 2.69 bits per heavy atom. The summed E-state index contributed by atoms with van der Waals surface area (Å²) in [6.07, 6.45) is 0. The van der Waals surface area contributed by atoms with Crippen molar-refractivity contribution in [2.45, 2.75) is 26.4 Å². The fourth-order valence-electron chi connectivity index (χ4n) is 1.85. The number of hydrogen-bond donors (Lipinski definition) is 1. The van der Waals surface area contributed by atoms with E-state index in [0.717, 1.165) is 6.54 Å². The fraction of sp³-hybridized carbons (Fsp3) is 0.286. The maximum absolute atomic E-state index is 3.55. The largest absolute Gasteiger partial charge is 0.305 e. The van der Waals surface area contributed by atoms with Crippen molar-refractivity contribution in [3.63, 3.8) is 0 Å². The van der Waals surface area contributed by atoms with Gasteiger partial charge in [0.15, 0.2) is 0 Å². The van der Waals surface area contributed by atoms with E-state index < -0.39 is 0 Å². The predicted molar refractivity (Wildman–Crippen MR) is 70.8 cm³/mol. The van der Waals surface area contributed by atoms with Gasteiger partial charge in [-0.05, 0) is 36.4 Å². The molecule has 0 aliphatic heterocycles. The SMILES string of the molecule is Cc1ccccc1[C@H](C)NCc1cccs1. The molecule has 2 heteroatoms. The van der Waals surface area contributed by atoms with Crippen molar-refractivity contribution >= 4 is 11.3 Å². The monoisotopic (exact) mass is 231 g/mol. The third-order valence-corrected chi connectivity index (χ3v) is 3.69. The van der Waals surface area contributed by atoms with Crippen molar-refractivity contribution in [2.75, 3.05) is 0 Å². The summed E-state index contributed by atoms with van der Waals surface area (Å²) < 4.78 is 0. The van der Waals surface area contributed by atoms with E-state index in [4.69, 9.17) is 0 Å². The molecule has 0 fully saturated rings. The molecular formula is C14H17NS. The van der Waals surface area contributed by atoms with Crippen LogP contribution in [0.25, 0.3) is 0 Å². The molecule has 0 saturated carbocycles. The highest BCUT2D eigenvalue weighted by Gasteiger charge is 2.06. The number of nitrogens with one attached hydrogen (secondary N) is 1. The Morgan fingerprint density at radius 2 is 2.00 bits per heavy atom. The number of hydrogen-bond acceptors (Lipinski definition) is 2. The third-order valence-electron chi connectivity index (χ3n) is 2.82. The number of aryl methyl sites for hydroxylation is 1. The van der Waals surface area contributed by atoms with Crippen molar-refractivity contribution in [1.82, 2.24) is 5.32 Å². The van der Waals surface area contributed by atoms with E-state index >= 15 is 0 Å². The molecular weight excluding hydrogens is 214 g/mol. The van der Waals surface area contributed by atoms with Crippen LogP contribution < -0.4 is 5.32 Å². The lowest BCUT2D eigenvalue weighted by atomic mass is 10.0. The first kappa shape index (κ1) is 11.4. The Morgan fingerprint density at radius 1 is 1.19 bits per heavy atom. The van der Waals surface area contributed by atoms with E-state index in [1.807, 2.05) is 0 Å². The van der Waals surface area contributed by atoms with Crippen molar-refractivity contribution in [3.8, 4) is 0 Å². The van der Waals surface area contributed by atoms with E-state index in [0.29, 0.717) is 6.04 Å². The summed E-state index contributed by atoms with van der Waals surface area (Å²) in [7, 11) is 0. The number of benzene rings is 1. The Balaban J connectivity index is 1.98. The first-order valence-electron chi connectivity index (χ1n) is 5.58. The van der Waals surface area contributed by atoms with Crippen molar-refractivity contribution < 1.29 is 0 Å². The minimum atomic E-state index is 0.406. The molecule has 1 N–H and O–H groups in total. The van der Waals surface area contributed by atoms with E-state index in [-0.39, 0.29) is 0 Å². The van der Waals surface area contributed by atoms with Gasteiger partial charge in [0.1, 0.15) is 0 Å². The van der Waals surface area contributed by atoms with Crippen LogP contribution in [0, 0.1) is 6.92 Å². The van der Waals surface area contributed by atoms with Gasteiger partial charge in [-0.2, -0.15) is 0 Å². The molecule has 0 unspecified atom stereocenters. The molecule has 0 saturated heterocycles. The lowest BCUT2D eigenvalue weighted by Gasteiger charge is -2.15. The summed E-state index contributed by atoms with van der Waals surface area (Å²) >= 11 is 1.80. The number of rotatable bonds is 4. The van der Waals surface area contributed by atoms with Crippen LogP contribution in [0.4, 0.5) is 0 Å². The third kappa shape index (κ3) is 2.71. The van der Waals surface area contributed by atoms with Crippen molar-refractivity contribution in [3.05, 3.63) is 57.8 Å². The molecule has 0 spiro atoms. The Hall–Kier alpha value is -1.12. The van der Waals surface area contributed by atoms with Gasteiger partial charge >= 0.3 is 0 Å². The summed E-state index contributed by atoms with van der Waals surface area (Å²) in [5, 5.41) is 5.67. The molecule has 2 rings (SSSR count). The quantitative estimate of drug-likeness (QED) is 0.841. The lowest BCUT2D eigenvalue weighted by molar-refractivity contribution is 0.576. The average Bonchev–Trinajstić information content (AvgIpc) is 2.79. The van der Waals surface area contributed by atoms with Gasteiger partial charge in [0.05, 0.1) is 0 Å². The van der Waals surface area contributed by atoms with Gasteiger partial charge < -0.3 is 5.32 Å². The molecule has 1 nitrogen and oxygen atoms in total. The highest BCUT2D eigenvalue weighted by Crippen LogP contribution is 2.18. The molecule has 0 bridgehead atoms. The topological polar surface area (TPSA) is 12.0 Å². The molecule has 16 heavy (non-hydrogen) atoms. The maximum atomic E-state index is 3.55. The van der Waals surface area contributed by atoms with Gasteiger partial charge in [-0.1, -0.05) is 30.3 Å². The second-order valence-corrected chi connectivity index (χ2v) is 5.07. The van der Waals surface area contributed by atoms with Crippen LogP contribution in [0.5, 0.6) is 0 Å². The summed E-state index contributed by atoms with van der Waals surface area (Å²) in [4.78, 5) is 1.39. The minimum Gasteiger partial charge on any atom is -0.305 e. The van der Waals surface area contributed by atoms with Crippen LogP contribution >= 0.6 is 11.3 Å². The zero-order valence-corrected chi connectivity index (χ0v) is 10.6. The minimum absolute atomic E-state index is 0.406. The van der Waals surface area contributed by atoms with Crippen LogP contribution in [0.2, 0.25) is 0 Å². The van der Waals surface area contributed by atoms with Crippen LogP contribution in [-0.4, -0.2) is 0 Å². The zero-order valence-electron chi connectivity index (χ0n) is 9.73. The van der Waals surface area contributed by atoms with Gasteiger partial charge in [0.25, 0.3) is 0 Å². The molecule has 1 heterocycles. The van der Waals surface area contributed by atoms with E-state index in [9.17, 15) is 0 Å². The summed E-state index contributed by atoms with van der Waals surface area (Å²) in [5.41, 5.74) is 2.74. The molecule has 0 aliphatic carbocycles. The van der Waals surface area contributed by atoms with E-state index in [1.165, 1.54) is 16.0 Å². The average molecular weight is 231 g/mol. The molecule has 2 aromatic rings. The zero-order chi connectivity index (χ0) is 11.4. The fourth-order valence-corrected chi connectivity index (χ4v) is 2.51. The Labute approximate surface area is 101 Å². The van der Waals surface area contributed by atoms with Crippen LogP contribution in [-0.2, 0) is 6.54 Å². The summed E-state index contributed by atoms with van der Waals surface area (Å²) in [6.45, 7) is 5.34. The first-order chi connectivity index (χ1) is 7.77. The van der Waals surface area contributed by atoms with Crippen molar-refractivity contribution in [1.29, 1.82) is 0 Å². The second-order valence-electron chi connectivity index (χ2n) is 4.04. The van der Waals surface area contributed by atoms with Gasteiger partial charge in [0.2, 0.25) is 0 Å². The normalized spacial score (nSPS) is 12.6. The number of thiophene rings is 1. The Kier molecular flexibility index (Phi) is 3.75. The molecule has 84 valence electrons.